The average Bonchev–Trinajstić information content (AvgIpc) is 2.84. The van der Waals surface area contributed by atoms with E-state index in [-0.39, 0.29) is 0 Å². The molecule has 0 spiro atoms. The van der Waals surface area contributed by atoms with E-state index in [2.05, 4.69) is 42.9 Å². The Balaban J connectivity index is 1.88. The maximum atomic E-state index is 2.39. The van der Waals surface area contributed by atoms with Crippen LogP contribution in [0.5, 0.6) is 0 Å². The van der Waals surface area contributed by atoms with Gasteiger partial charge in [-0.1, -0.05) is 142 Å². The van der Waals surface area contributed by atoms with Crippen LogP contribution >= 0.6 is 0 Å². The zero-order valence-electron chi connectivity index (χ0n) is 22.9. The Morgan fingerprint density at radius 3 is 1.15 bits per heavy atom. The van der Waals surface area contributed by atoms with Gasteiger partial charge in [-0.15, -0.1) is 0 Å². The highest BCUT2D eigenvalue weighted by Gasteiger charge is 2.02. The average molecular weight is 459 g/mol. The van der Waals surface area contributed by atoms with Crippen LogP contribution in [0.15, 0.2) is 24.5 Å². The number of hydrogen-bond acceptors (Lipinski definition) is 0. The largest absolute Gasteiger partial charge is 0.205 e. The van der Waals surface area contributed by atoms with Gasteiger partial charge in [-0.25, -0.2) is 4.57 Å². The molecule has 1 nitrogen and oxygen atoms in total. The first kappa shape index (κ1) is 30.2. The van der Waals surface area contributed by atoms with Crippen molar-refractivity contribution in [2.24, 2.45) is 0 Å². The van der Waals surface area contributed by atoms with Crippen LogP contribution in [0.1, 0.15) is 167 Å². The van der Waals surface area contributed by atoms with E-state index in [1.165, 1.54) is 166 Å². The summed E-state index contributed by atoms with van der Waals surface area (Å²) in [4.78, 5) is 0. The fraction of sp³-hybridized carbons (Fsp3) is 0.844. The molecular weight excluding hydrogens is 398 g/mol. The highest BCUT2D eigenvalue weighted by molar-refractivity contribution is 5.07. The lowest BCUT2D eigenvalue weighted by Gasteiger charge is -2.04. The van der Waals surface area contributed by atoms with E-state index in [4.69, 9.17) is 0 Å². The fourth-order valence-corrected chi connectivity index (χ4v) is 4.93. The Bertz CT molecular complexity index is 492. The van der Waals surface area contributed by atoms with Crippen LogP contribution in [0.25, 0.3) is 0 Å². The second-order valence-corrected chi connectivity index (χ2v) is 10.6. The molecule has 0 saturated carbocycles. The molecule has 0 aromatic carbocycles. The number of rotatable bonds is 25. The Hall–Kier alpha value is -0.850. The summed E-state index contributed by atoms with van der Waals surface area (Å²) in [6, 6.07) is 4.71. The number of aromatic nitrogens is 1. The molecule has 1 heterocycles. The Labute approximate surface area is 209 Å². The molecule has 0 radical (unpaired) electrons. The first-order valence-electron chi connectivity index (χ1n) is 15.3. The van der Waals surface area contributed by atoms with Crippen molar-refractivity contribution in [1.29, 1.82) is 0 Å². The van der Waals surface area contributed by atoms with Crippen LogP contribution < -0.4 is 4.57 Å². The zero-order chi connectivity index (χ0) is 23.7. The molecule has 0 bridgehead atoms. The molecular formula is C32H60N+. The molecule has 1 rings (SSSR count). The van der Waals surface area contributed by atoms with Crippen molar-refractivity contribution >= 4 is 0 Å². The molecule has 1 heteroatoms. The summed E-state index contributed by atoms with van der Waals surface area (Å²) in [6.07, 6.45) is 38.7. The number of pyridine rings is 1. The van der Waals surface area contributed by atoms with E-state index in [0.29, 0.717) is 0 Å². The van der Waals surface area contributed by atoms with E-state index in [0.717, 1.165) is 0 Å². The first-order valence-corrected chi connectivity index (χ1v) is 15.3. The van der Waals surface area contributed by atoms with Crippen LogP contribution in [0.2, 0.25) is 0 Å². The SMILES string of the molecule is CCCCCCCCCCCCCCC[n+]1ccc(CCCCCCCCCCCC)cc1. The molecule has 1 aromatic heterocycles. The van der Waals surface area contributed by atoms with Crippen LogP contribution in [0, 0.1) is 0 Å². The lowest BCUT2D eigenvalue weighted by molar-refractivity contribution is -0.697. The van der Waals surface area contributed by atoms with Crippen molar-refractivity contribution in [2.45, 2.75) is 174 Å². The molecule has 1 aromatic rings. The predicted octanol–water partition coefficient (Wildman–Crippen LogP) is 10.5. The Kier molecular flexibility index (Phi) is 22.2. The second-order valence-electron chi connectivity index (χ2n) is 10.6. The maximum Gasteiger partial charge on any atom is 0.169 e. The summed E-state index contributed by atoms with van der Waals surface area (Å²) >= 11 is 0. The van der Waals surface area contributed by atoms with Gasteiger partial charge in [-0.05, 0) is 24.8 Å². The molecule has 192 valence electrons. The minimum atomic E-state index is 1.19. The van der Waals surface area contributed by atoms with Crippen LogP contribution in [0.4, 0.5) is 0 Å². The minimum absolute atomic E-state index is 1.19. The first-order chi connectivity index (χ1) is 16.4. The van der Waals surface area contributed by atoms with E-state index >= 15 is 0 Å². The van der Waals surface area contributed by atoms with E-state index < -0.39 is 0 Å². The third-order valence-electron chi connectivity index (χ3n) is 7.30. The van der Waals surface area contributed by atoms with Gasteiger partial charge in [0.15, 0.2) is 12.4 Å². The molecule has 0 aliphatic carbocycles. The predicted molar refractivity (Wildman–Crippen MR) is 148 cm³/mol. The van der Waals surface area contributed by atoms with Gasteiger partial charge in [0, 0.05) is 18.6 Å². The third-order valence-corrected chi connectivity index (χ3v) is 7.30. The molecule has 0 fully saturated rings. The van der Waals surface area contributed by atoms with E-state index in [9.17, 15) is 0 Å². The van der Waals surface area contributed by atoms with Crippen molar-refractivity contribution in [2.75, 3.05) is 0 Å². The summed E-state index contributed by atoms with van der Waals surface area (Å²) in [5.41, 5.74) is 1.52. The van der Waals surface area contributed by atoms with Gasteiger partial charge in [0.2, 0.25) is 0 Å². The van der Waals surface area contributed by atoms with Gasteiger partial charge < -0.3 is 0 Å². The summed E-state index contributed by atoms with van der Waals surface area (Å²) in [6.45, 7) is 5.79. The van der Waals surface area contributed by atoms with Crippen molar-refractivity contribution in [3.63, 3.8) is 0 Å². The molecule has 0 aliphatic heterocycles. The lowest BCUT2D eigenvalue weighted by Crippen LogP contribution is -2.32. The van der Waals surface area contributed by atoms with Crippen molar-refractivity contribution in [1.82, 2.24) is 0 Å². The summed E-state index contributed by atoms with van der Waals surface area (Å²) in [5, 5.41) is 0. The third kappa shape index (κ3) is 20.3. The minimum Gasteiger partial charge on any atom is -0.205 e. The number of nitrogens with zero attached hydrogens (tertiary/aromatic N) is 1. The van der Waals surface area contributed by atoms with Crippen LogP contribution in [-0.4, -0.2) is 0 Å². The highest BCUT2D eigenvalue weighted by Crippen LogP contribution is 2.13. The number of hydrogen-bond donors (Lipinski definition) is 0. The highest BCUT2D eigenvalue weighted by atomic mass is 14.9. The molecule has 33 heavy (non-hydrogen) atoms. The summed E-state index contributed by atoms with van der Waals surface area (Å²) in [5.74, 6) is 0. The van der Waals surface area contributed by atoms with Crippen molar-refractivity contribution in [3.05, 3.63) is 30.1 Å². The van der Waals surface area contributed by atoms with Crippen LogP contribution in [0.3, 0.4) is 0 Å². The lowest BCUT2D eigenvalue weighted by atomic mass is 10.0. The van der Waals surface area contributed by atoms with Crippen molar-refractivity contribution < 1.29 is 4.57 Å². The van der Waals surface area contributed by atoms with Gasteiger partial charge in [-0.2, -0.15) is 0 Å². The van der Waals surface area contributed by atoms with E-state index in [1.54, 1.807) is 0 Å². The molecule has 0 unspecified atom stereocenters. The zero-order valence-corrected chi connectivity index (χ0v) is 22.9. The standard InChI is InChI=1S/C32H60N/c1-3-5-7-9-11-13-15-16-17-19-21-23-25-29-33-30-27-32(28-31-33)26-24-22-20-18-14-12-10-8-6-4-2/h27-28,30-31H,3-26,29H2,1-2H3/q+1. The van der Waals surface area contributed by atoms with Gasteiger partial charge >= 0.3 is 0 Å². The summed E-state index contributed by atoms with van der Waals surface area (Å²) in [7, 11) is 0. The quantitative estimate of drug-likeness (QED) is 0.101. The number of aryl methyl sites for hydroxylation is 2. The normalized spacial score (nSPS) is 11.3. The van der Waals surface area contributed by atoms with Crippen LogP contribution in [-0.2, 0) is 13.0 Å². The van der Waals surface area contributed by atoms with Gasteiger partial charge in [0.1, 0.15) is 6.54 Å². The molecule has 0 aliphatic rings. The molecule has 0 atom stereocenters. The van der Waals surface area contributed by atoms with Gasteiger partial charge in [-0.3, -0.25) is 0 Å². The van der Waals surface area contributed by atoms with Gasteiger partial charge in [0.05, 0.1) is 0 Å². The van der Waals surface area contributed by atoms with Crippen molar-refractivity contribution in [3.8, 4) is 0 Å². The monoisotopic (exact) mass is 458 g/mol. The fourth-order valence-electron chi connectivity index (χ4n) is 4.93. The Morgan fingerprint density at radius 2 is 0.758 bits per heavy atom. The van der Waals surface area contributed by atoms with E-state index in [1.807, 2.05) is 0 Å². The molecule has 0 saturated heterocycles. The number of unbranched alkanes of at least 4 members (excludes halogenated alkanes) is 21. The van der Waals surface area contributed by atoms with Gasteiger partial charge in [0.25, 0.3) is 0 Å². The molecule has 0 amide bonds. The Morgan fingerprint density at radius 1 is 0.424 bits per heavy atom. The maximum absolute atomic E-state index is 2.39. The molecule has 0 N–H and O–H groups in total. The second kappa shape index (κ2) is 24.3. The topological polar surface area (TPSA) is 3.88 Å². The summed E-state index contributed by atoms with van der Waals surface area (Å²) < 4.78 is 2.39. The smallest absolute Gasteiger partial charge is 0.169 e.